The molecule has 1 unspecified atom stereocenters. The van der Waals surface area contributed by atoms with Gasteiger partial charge in [0.1, 0.15) is 23.0 Å². The summed E-state index contributed by atoms with van der Waals surface area (Å²) in [6.45, 7) is 6.78. The van der Waals surface area contributed by atoms with Crippen LogP contribution in [0.15, 0.2) is 65.0 Å². The summed E-state index contributed by atoms with van der Waals surface area (Å²) in [6.07, 6.45) is 3.99. The van der Waals surface area contributed by atoms with E-state index >= 15 is 8.78 Å². The monoisotopic (exact) mass is 548 g/mol. The van der Waals surface area contributed by atoms with Gasteiger partial charge in [0.2, 0.25) is 0 Å². The average Bonchev–Trinajstić information content (AvgIpc) is 3.32. The molecule has 0 spiro atoms. The van der Waals surface area contributed by atoms with Crippen LogP contribution < -0.4 is 20.3 Å². The van der Waals surface area contributed by atoms with Gasteiger partial charge in [-0.2, -0.15) is 0 Å². The Bertz CT molecular complexity index is 1520. The standard InChI is InChI=1S/C30H34F2N6O2/c1-18-6-5-11-34-29(36-20-7-9-24(22(31)17-20)38-14-12-33-13-15-38)26(30(39)37(3)4)28(18)40-25-10-8-23-21(27(25)32)16-19(2)35-23/h5,7-11,16-18,33,35H,6,12-15H2,1-4H3,(H,34,36)/b11-5+,28-26-. The Labute approximate surface area is 232 Å². The van der Waals surface area contributed by atoms with Gasteiger partial charge in [-0.15, -0.1) is 0 Å². The van der Waals surface area contributed by atoms with Crippen molar-refractivity contribution in [2.75, 3.05) is 50.5 Å². The molecule has 1 amide bonds. The minimum atomic E-state index is -0.521. The molecule has 210 valence electrons. The SMILES string of the molecule is Cc1cc2c(F)c(O/C3=C(C(=O)N(C)C)/C(Nc4ccc(N5CCNCC5)c(F)c4)=N/C=C/CC3C)ccc2[nH]1. The second kappa shape index (κ2) is 11.5. The molecule has 1 aromatic heterocycles. The number of fused-ring (bicyclic) bond motifs is 1. The smallest absolute Gasteiger partial charge is 0.260 e. The van der Waals surface area contributed by atoms with Crippen LogP contribution in [-0.2, 0) is 4.79 Å². The molecule has 40 heavy (non-hydrogen) atoms. The molecule has 3 N–H and O–H groups in total. The van der Waals surface area contributed by atoms with Crippen LogP contribution in [0.1, 0.15) is 19.0 Å². The van der Waals surface area contributed by atoms with Gasteiger partial charge in [-0.1, -0.05) is 13.0 Å². The summed E-state index contributed by atoms with van der Waals surface area (Å²) in [5, 5.41) is 6.80. The molecule has 1 saturated heterocycles. The number of ether oxygens (including phenoxy) is 1. The number of allylic oxidation sites excluding steroid dienone is 2. The van der Waals surface area contributed by atoms with Crippen molar-refractivity contribution in [2.24, 2.45) is 10.9 Å². The van der Waals surface area contributed by atoms with Gasteiger partial charge in [-0.3, -0.25) is 4.79 Å². The van der Waals surface area contributed by atoms with E-state index in [9.17, 15) is 4.79 Å². The number of anilines is 2. The number of benzene rings is 2. The van der Waals surface area contributed by atoms with Crippen LogP contribution in [0.25, 0.3) is 10.9 Å². The molecule has 8 nitrogen and oxygen atoms in total. The van der Waals surface area contributed by atoms with Crippen LogP contribution in [0.4, 0.5) is 20.2 Å². The third-order valence-corrected chi connectivity index (χ3v) is 7.07. The third-order valence-electron chi connectivity index (χ3n) is 7.07. The van der Waals surface area contributed by atoms with E-state index in [4.69, 9.17) is 4.74 Å². The maximum absolute atomic E-state index is 15.5. The number of likely N-dealkylation sites (N-methyl/N-ethyl adjacent to an activating group) is 1. The van der Waals surface area contributed by atoms with Crippen LogP contribution in [0, 0.1) is 24.5 Å². The van der Waals surface area contributed by atoms with Crippen LogP contribution in [0.3, 0.4) is 0 Å². The lowest BCUT2D eigenvalue weighted by atomic mass is 9.98. The van der Waals surface area contributed by atoms with E-state index in [1.54, 1.807) is 50.6 Å². The van der Waals surface area contributed by atoms with Crippen molar-refractivity contribution in [2.45, 2.75) is 20.3 Å². The fourth-order valence-electron chi connectivity index (χ4n) is 4.97. The molecule has 2 aliphatic rings. The number of nitrogens with one attached hydrogen (secondary N) is 3. The van der Waals surface area contributed by atoms with E-state index in [0.717, 1.165) is 18.8 Å². The third kappa shape index (κ3) is 5.58. The highest BCUT2D eigenvalue weighted by molar-refractivity contribution is 6.25. The number of hydrogen-bond donors (Lipinski definition) is 3. The number of amidine groups is 1. The number of carbonyl (C=O) groups excluding carboxylic acids is 1. The van der Waals surface area contributed by atoms with Crippen molar-refractivity contribution in [3.8, 4) is 5.75 Å². The summed E-state index contributed by atoms with van der Waals surface area (Å²) < 4.78 is 37.0. The Morgan fingerprint density at radius 3 is 2.65 bits per heavy atom. The first-order chi connectivity index (χ1) is 19.2. The van der Waals surface area contributed by atoms with E-state index in [2.05, 4.69) is 20.6 Å². The maximum Gasteiger partial charge on any atom is 0.260 e. The van der Waals surface area contributed by atoms with Gasteiger partial charge in [-0.25, -0.2) is 13.8 Å². The Kier molecular flexibility index (Phi) is 7.88. The molecule has 0 aliphatic carbocycles. The summed E-state index contributed by atoms with van der Waals surface area (Å²) in [5.74, 6) is -1.08. The number of aryl methyl sites for hydroxylation is 1. The molecule has 2 aliphatic heterocycles. The van der Waals surface area contributed by atoms with Crippen molar-refractivity contribution in [1.29, 1.82) is 0 Å². The molecule has 0 saturated carbocycles. The molecular weight excluding hydrogens is 514 g/mol. The lowest BCUT2D eigenvalue weighted by Crippen LogP contribution is -2.43. The molecule has 3 aromatic rings. The summed E-state index contributed by atoms with van der Waals surface area (Å²) in [5.41, 5.74) is 2.58. The van der Waals surface area contributed by atoms with Crippen LogP contribution in [-0.4, -0.2) is 61.9 Å². The average molecular weight is 549 g/mol. The van der Waals surface area contributed by atoms with Gasteiger partial charge >= 0.3 is 0 Å². The predicted octanol–water partition coefficient (Wildman–Crippen LogP) is 4.95. The zero-order valence-electron chi connectivity index (χ0n) is 23.1. The summed E-state index contributed by atoms with van der Waals surface area (Å²) in [7, 11) is 3.25. The van der Waals surface area contributed by atoms with Crippen LogP contribution in [0.2, 0.25) is 0 Å². The van der Waals surface area contributed by atoms with Crippen LogP contribution in [0.5, 0.6) is 5.75 Å². The number of rotatable bonds is 5. The fraction of sp³-hybridized carbons (Fsp3) is 0.333. The fourth-order valence-corrected chi connectivity index (χ4v) is 4.97. The number of H-pyrrole nitrogens is 1. The number of aromatic amines is 1. The number of aliphatic imine (C=N–C) groups is 1. The first kappa shape index (κ1) is 27.4. The number of amides is 1. The molecular formula is C30H34F2N6O2. The molecule has 0 bridgehead atoms. The number of aromatic nitrogens is 1. The van der Waals surface area contributed by atoms with E-state index in [1.165, 1.54) is 11.0 Å². The van der Waals surface area contributed by atoms with Gasteiger partial charge in [0.05, 0.1) is 5.69 Å². The van der Waals surface area contributed by atoms with E-state index in [0.29, 0.717) is 41.8 Å². The predicted molar refractivity (Wildman–Crippen MR) is 155 cm³/mol. The van der Waals surface area contributed by atoms with Crippen molar-refractivity contribution < 1.29 is 18.3 Å². The highest BCUT2D eigenvalue weighted by atomic mass is 19.1. The lowest BCUT2D eigenvalue weighted by Gasteiger charge is -2.30. The largest absolute Gasteiger partial charge is 0.457 e. The molecule has 1 atom stereocenters. The molecule has 5 rings (SSSR count). The van der Waals surface area contributed by atoms with Crippen molar-refractivity contribution in [3.05, 3.63) is 77.3 Å². The number of nitrogens with zero attached hydrogens (tertiary/aromatic N) is 3. The molecule has 3 heterocycles. The highest BCUT2D eigenvalue weighted by Crippen LogP contribution is 2.33. The molecule has 0 radical (unpaired) electrons. The Balaban J connectivity index is 1.55. The van der Waals surface area contributed by atoms with Crippen LogP contribution >= 0.6 is 0 Å². The van der Waals surface area contributed by atoms with E-state index in [1.807, 2.05) is 24.8 Å². The van der Waals surface area contributed by atoms with Crippen molar-refractivity contribution in [1.82, 2.24) is 15.2 Å². The van der Waals surface area contributed by atoms with E-state index < -0.39 is 5.82 Å². The second-order valence-corrected chi connectivity index (χ2v) is 10.4. The summed E-state index contributed by atoms with van der Waals surface area (Å²) >= 11 is 0. The maximum atomic E-state index is 15.5. The Hall–Kier alpha value is -4.18. The first-order valence-corrected chi connectivity index (χ1v) is 13.4. The number of hydrogen-bond acceptors (Lipinski definition) is 6. The number of piperazine rings is 1. The zero-order valence-corrected chi connectivity index (χ0v) is 23.1. The zero-order chi connectivity index (χ0) is 28.4. The van der Waals surface area contributed by atoms with Gasteiger partial charge in [0.15, 0.2) is 11.6 Å². The lowest BCUT2D eigenvalue weighted by molar-refractivity contribution is -0.124. The van der Waals surface area contributed by atoms with E-state index in [-0.39, 0.29) is 40.6 Å². The van der Waals surface area contributed by atoms with Gasteiger partial charge < -0.3 is 30.2 Å². The topological polar surface area (TPSA) is 85.0 Å². The first-order valence-electron chi connectivity index (χ1n) is 13.4. The second-order valence-electron chi connectivity index (χ2n) is 10.4. The van der Waals surface area contributed by atoms with Crippen molar-refractivity contribution >= 4 is 34.0 Å². The van der Waals surface area contributed by atoms with Gasteiger partial charge in [0, 0.05) is 74.7 Å². The highest BCUT2D eigenvalue weighted by Gasteiger charge is 2.30. The number of carbonyl (C=O) groups is 1. The summed E-state index contributed by atoms with van der Waals surface area (Å²) in [4.78, 5) is 24.6. The van der Waals surface area contributed by atoms with Crippen molar-refractivity contribution in [3.63, 3.8) is 0 Å². The molecule has 1 fully saturated rings. The Morgan fingerprint density at radius 1 is 1.15 bits per heavy atom. The molecule has 2 aromatic carbocycles. The quantitative estimate of drug-likeness (QED) is 0.420. The van der Waals surface area contributed by atoms with Gasteiger partial charge in [0.25, 0.3) is 5.91 Å². The minimum Gasteiger partial charge on any atom is -0.457 e. The Morgan fingerprint density at radius 2 is 1.93 bits per heavy atom. The minimum absolute atomic E-state index is 0.00716. The van der Waals surface area contributed by atoms with Gasteiger partial charge in [-0.05, 0) is 49.7 Å². The summed E-state index contributed by atoms with van der Waals surface area (Å²) in [6, 6.07) is 9.89. The number of halogens is 2. The molecule has 10 heteroatoms. The normalized spacial score (nSPS) is 21.8.